The molecule has 0 radical (unpaired) electrons. The number of aromatic nitrogens is 1. The van der Waals surface area contributed by atoms with Gasteiger partial charge in [0.05, 0.1) is 6.61 Å². The number of carbonyl (C=O) groups is 1. The minimum absolute atomic E-state index is 0.0119. The standard InChI is InChI=1S/C12H16F3N3O2/c1-2-16-10-5-3-4-9(18-10)11(19)17-6-7-20-8-12(13,14)15/h3-5H,2,6-8H2,1H3,(H,16,18)(H,17,19). The third kappa shape index (κ3) is 6.37. The van der Waals surface area contributed by atoms with E-state index >= 15 is 0 Å². The molecular weight excluding hydrogens is 275 g/mol. The Morgan fingerprint density at radius 3 is 2.80 bits per heavy atom. The Balaban J connectivity index is 2.34. The summed E-state index contributed by atoms with van der Waals surface area (Å²) in [7, 11) is 0. The lowest BCUT2D eigenvalue weighted by molar-refractivity contribution is -0.173. The van der Waals surface area contributed by atoms with Crippen LogP contribution in [-0.2, 0) is 4.74 Å². The van der Waals surface area contributed by atoms with Gasteiger partial charge in [0.1, 0.15) is 18.1 Å². The van der Waals surface area contributed by atoms with Gasteiger partial charge >= 0.3 is 6.18 Å². The molecular formula is C12H16F3N3O2. The number of halogens is 3. The molecule has 2 N–H and O–H groups in total. The van der Waals surface area contributed by atoms with E-state index in [1.54, 1.807) is 12.1 Å². The Morgan fingerprint density at radius 2 is 2.15 bits per heavy atom. The lowest BCUT2D eigenvalue weighted by Crippen LogP contribution is -2.29. The smallest absolute Gasteiger partial charge is 0.370 e. The number of nitrogens with one attached hydrogen (secondary N) is 2. The molecule has 0 aliphatic heterocycles. The van der Waals surface area contributed by atoms with E-state index in [4.69, 9.17) is 0 Å². The summed E-state index contributed by atoms with van der Waals surface area (Å²) in [5.41, 5.74) is 0.194. The summed E-state index contributed by atoms with van der Waals surface area (Å²) < 4.78 is 39.8. The largest absolute Gasteiger partial charge is 0.411 e. The molecule has 0 saturated carbocycles. The maximum Gasteiger partial charge on any atom is 0.411 e. The van der Waals surface area contributed by atoms with Crippen LogP contribution >= 0.6 is 0 Å². The highest BCUT2D eigenvalue weighted by molar-refractivity contribution is 5.92. The summed E-state index contributed by atoms with van der Waals surface area (Å²) in [6, 6.07) is 4.90. The summed E-state index contributed by atoms with van der Waals surface area (Å²) in [5.74, 6) is 0.105. The highest BCUT2D eigenvalue weighted by Gasteiger charge is 2.27. The second-order valence-corrected chi connectivity index (χ2v) is 3.86. The van der Waals surface area contributed by atoms with E-state index < -0.39 is 18.7 Å². The van der Waals surface area contributed by atoms with Crippen molar-refractivity contribution in [3.63, 3.8) is 0 Å². The number of nitrogens with zero attached hydrogens (tertiary/aromatic N) is 1. The molecule has 0 bridgehead atoms. The normalized spacial score (nSPS) is 11.2. The van der Waals surface area contributed by atoms with Crippen LogP contribution in [0.2, 0.25) is 0 Å². The van der Waals surface area contributed by atoms with Crippen molar-refractivity contribution >= 4 is 11.7 Å². The van der Waals surface area contributed by atoms with Gasteiger partial charge < -0.3 is 15.4 Å². The first kappa shape index (κ1) is 16.2. The van der Waals surface area contributed by atoms with Crippen molar-refractivity contribution in [2.75, 3.05) is 31.6 Å². The predicted molar refractivity (Wildman–Crippen MR) is 67.6 cm³/mol. The average molecular weight is 291 g/mol. The molecule has 20 heavy (non-hydrogen) atoms. The molecule has 1 aromatic rings. The van der Waals surface area contributed by atoms with Crippen LogP contribution in [0.1, 0.15) is 17.4 Å². The van der Waals surface area contributed by atoms with Gasteiger partial charge in [0.15, 0.2) is 0 Å². The molecule has 0 spiro atoms. The number of ether oxygens (including phenoxy) is 1. The van der Waals surface area contributed by atoms with Gasteiger partial charge in [-0.2, -0.15) is 13.2 Å². The molecule has 0 aliphatic rings. The van der Waals surface area contributed by atoms with Crippen LogP contribution in [0.5, 0.6) is 0 Å². The van der Waals surface area contributed by atoms with Crippen molar-refractivity contribution in [2.24, 2.45) is 0 Å². The number of alkyl halides is 3. The van der Waals surface area contributed by atoms with Crippen LogP contribution in [0, 0.1) is 0 Å². The topological polar surface area (TPSA) is 63.2 Å². The molecule has 0 atom stereocenters. The molecule has 0 unspecified atom stereocenters. The first-order valence-electron chi connectivity index (χ1n) is 6.06. The van der Waals surface area contributed by atoms with Crippen molar-refractivity contribution in [3.05, 3.63) is 23.9 Å². The fraction of sp³-hybridized carbons (Fsp3) is 0.500. The van der Waals surface area contributed by atoms with Gasteiger partial charge in [0, 0.05) is 13.1 Å². The molecule has 1 heterocycles. The lowest BCUT2D eigenvalue weighted by Gasteiger charge is -2.09. The Hall–Kier alpha value is -1.83. The summed E-state index contributed by atoms with van der Waals surface area (Å²) in [4.78, 5) is 15.7. The predicted octanol–water partition coefficient (Wildman–Crippen LogP) is 1.82. The van der Waals surface area contributed by atoms with Gasteiger partial charge in [-0.1, -0.05) is 6.07 Å². The van der Waals surface area contributed by atoms with Gasteiger partial charge in [-0.3, -0.25) is 4.79 Å². The van der Waals surface area contributed by atoms with Gasteiger partial charge in [0.2, 0.25) is 0 Å². The number of carbonyl (C=O) groups excluding carboxylic acids is 1. The fourth-order valence-electron chi connectivity index (χ4n) is 1.36. The summed E-state index contributed by atoms with van der Waals surface area (Å²) in [6.07, 6.45) is -4.36. The summed E-state index contributed by atoms with van der Waals surface area (Å²) in [5, 5.41) is 5.39. The van der Waals surface area contributed by atoms with E-state index in [2.05, 4.69) is 20.4 Å². The van der Waals surface area contributed by atoms with E-state index in [1.165, 1.54) is 6.07 Å². The van der Waals surface area contributed by atoms with Gasteiger partial charge in [-0.05, 0) is 19.1 Å². The van der Waals surface area contributed by atoms with E-state index in [9.17, 15) is 18.0 Å². The maximum absolute atomic E-state index is 11.8. The fourth-order valence-corrected chi connectivity index (χ4v) is 1.36. The van der Waals surface area contributed by atoms with Crippen molar-refractivity contribution in [2.45, 2.75) is 13.1 Å². The van der Waals surface area contributed by atoms with E-state index in [0.29, 0.717) is 12.4 Å². The number of rotatable bonds is 7. The molecule has 1 aromatic heterocycles. The second kappa shape index (κ2) is 7.68. The van der Waals surface area contributed by atoms with Crippen molar-refractivity contribution in [1.29, 1.82) is 0 Å². The summed E-state index contributed by atoms with van der Waals surface area (Å²) >= 11 is 0. The Bertz CT molecular complexity index is 438. The van der Waals surface area contributed by atoms with Gasteiger partial charge in [-0.25, -0.2) is 4.98 Å². The zero-order valence-corrected chi connectivity index (χ0v) is 11.0. The van der Waals surface area contributed by atoms with Gasteiger partial charge in [-0.15, -0.1) is 0 Å². The number of pyridine rings is 1. The van der Waals surface area contributed by atoms with E-state index in [0.717, 1.165) is 0 Å². The first-order valence-corrected chi connectivity index (χ1v) is 6.06. The molecule has 0 aromatic carbocycles. The average Bonchev–Trinajstić information content (AvgIpc) is 2.37. The lowest BCUT2D eigenvalue weighted by atomic mass is 10.3. The van der Waals surface area contributed by atoms with E-state index in [1.807, 2.05) is 6.92 Å². The monoisotopic (exact) mass is 291 g/mol. The zero-order valence-electron chi connectivity index (χ0n) is 11.0. The number of hydrogen-bond acceptors (Lipinski definition) is 4. The van der Waals surface area contributed by atoms with Gasteiger partial charge in [0.25, 0.3) is 5.91 Å². The van der Waals surface area contributed by atoms with Crippen LogP contribution in [0.4, 0.5) is 19.0 Å². The minimum Gasteiger partial charge on any atom is -0.370 e. The SMILES string of the molecule is CCNc1cccc(C(=O)NCCOCC(F)(F)F)n1. The molecule has 0 saturated heterocycles. The zero-order chi connectivity index (χ0) is 15.0. The highest BCUT2D eigenvalue weighted by Crippen LogP contribution is 2.13. The highest BCUT2D eigenvalue weighted by atomic mass is 19.4. The Labute approximate surface area is 114 Å². The van der Waals surface area contributed by atoms with E-state index in [-0.39, 0.29) is 18.8 Å². The first-order chi connectivity index (χ1) is 9.42. The molecule has 0 aliphatic carbocycles. The third-order valence-electron chi connectivity index (χ3n) is 2.14. The maximum atomic E-state index is 11.8. The van der Waals surface area contributed by atoms with Crippen LogP contribution < -0.4 is 10.6 Å². The van der Waals surface area contributed by atoms with Crippen molar-refractivity contribution in [1.82, 2.24) is 10.3 Å². The summed E-state index contributed by atoms with van der Waals surface area (Å²) in [6.45, 7) is 1.02. The Morgan fingerprint density at radius 1 is 1.40 bits per heavy atom. The van der Waals surface area contributed by atoms with Crippen molar-refractivity contribution in [3.8, 4) is 0 Å². The molecule has 1 amide bonds. The van der Waals surface area contributed by atoms with Crippen LogP contribution in [0.15, 0.2) is 18.2 Å². The van der Waals surface area contributed by atoms with Crippen LogP contribution in [0.3, 0.4) is 0 Å². The number of hydrogen-bond donors (Lipinski definition) is 2. The molecule has 1 rings (SSSR count). The second-order valence-electron chi connectivity index (χ2n) is 3.86. The van der Waals surface area contributed by atoms with Crippen LogP contribution in [0.25, 0.3) is 0 Å². The Kier molecular flexibility index (Phi) is 6.23. The van der Waals surface area contributed by atoms with Crippen molar-refractivity contribution < 1.29 is 22.7 Å². The molecule has 0 fully saturated rings. The number of anilines is 1. The quantitative estimate of drug-likeness (QED) is 0.752. The molecule has 8 heteroatoms. The molecule has 112 valence electrons. The third-order valence-corrected chi connectivity index (χ3v) is 2.14. The number of amides is 1. The molecule has 5 nitrogen and oxygen atoms in total. The van der Waals surface area contributed by atoms with Crippen LogP contribution in [-0.4, -0.2) is 43.4 Å². The minimum atomic E-state index is -4.36.